The minimum absolute atomic E-state index is 0.0323. The molecule has 2 rings (SSSR count). The maximum absolute atomic E-state index is 12.4. The lowest BCUT2D eigenvalue weighted by Gasteiger charge is -2.18. The molecular formula is C17H18N2O3. The normalized spacial score (nSPS) is 10.3. The monoisotopic (exact) mass is 298 g/mol. The first kappa shape index (κ1) is 15.7. The predicted molar refractivity (Wildman–Crippen MR) is 84.8 cm³/mol. The van der Waals surface area contributed by atoms with Crippen molar-refractivity contribution in [2.45, 2.75) is 20.4 Å². The molecule has 1 amide bonds. The number of hydrogen-bond acceptors (Lipinski definition) is 3. The average Bonchev–Trinajstić information content (AvgIpc) is 2.49. The van der Waals surface area contributed by atoms with E-state index in [1.165, 1.54) is 6.07 Å². The van der Waals surface area contributed by atoms with Crippen LogP contribution in [0.4, 0.5) is 5.69 Å². The minimum Gasteiger partial charge on any atom is -0.337 e. The van der Waals surface area contributed by atoms with Gasteiger partial charge in [-0.25, -0.2) is 0 Å². The van der Waals surface area contributed by atoms with Gasteiger partial charge in [-0.05, 0) is 31.0 Å². The number of nitrogens with zero attached hydrogens (tertiary/aromatic N) is 2. The molecule has 2 aromatic carbocycles. The molecule has 0 fully saturated rings. The standard InChI is InChI=1S/C17H18N2O3/c1-12-6-4-5-7-15(12)11-18(3)17(20)14-9-8-13(2)16(10-14)19(21)22/h4-10H,11H2,1-3H3. The van der Waals surface area contributed by atoms with E-state index >= 15 is 0 Å². The Hall–Kier alpha value is -2.69. The van der Waals surface area contributed by atoms with E-state index in [9.17, 15) is 14.9 Å². The summed E-state index contributed by atoms with van der Waals surface area (Å²) in [5, 5.41) is 11.0. The lowest BCUT2D eigenvalue weighted by molar-refractivity contribution is -0.385. The molecule has 5 heteroatoms. The number of hydrogen-bond donors (Lipinski definition) is 0. The van der Waals surface area contributed by atoms with Crippen molar-refractivity contribution in [2.75, 3.05) is 7.05 Å². The van der Waals surface area contributed by atoms with Crippen molar-refractivity contribution < 1.29 is 9.72 Å². The topological polar surface area (TPSA) is 63.5 Å². The number of carbonyl (C=O) groups is 1. The van der Waals surface area contributed by atoms with Crippen molar-refractivity contribution in [3.05, 3.63) is 74.8 Å². The van der Waals surface area contributed by atoms with Gasteiger partial charge in [-0.15, -0.1) is 0 Å². The molecule has 0 aliphatic rings. The lowest BCUT2D eigenvalue weighted by Crippen LogP contribution is -2.26. The summed E-state index contributed by atoms with van der Waals surface area (Å²) in [6.45, 7) is 4.11. The summed E-state index contributed by atoms with van der Waals surface area (Å²) in [6.07, 6.45) is 0. The molecule has 0 saturated heterocycles. The number of carbonyl (C=O) groups excluding carboxylic acids is 1. The van der Waals surface area contributed by atoms with Crippen LogP contribution in [0, 0.1) is 24.0 Å². The first-order valence-corrected chi connectivity index (χ1v) is 6.95. The summed E-state index contributed by atoms with van der Waals surface area (Å²) >= 11 is 0. The van der Waals surface area contributed by atoms with E-state index in [1.807, 2.05) is 31.2 Å². The van der Waals surface area contributed by atoms with Crippen molar-refractivity contribution in [3.8, 4) is 0 Å². The first-order valence-electron chi connectivity index (χ1n) is 6.95. The van der Waals surface area contributed by atoms with Crippen molar-refractivity contribution in [1.29, 1.82) is 0 Å². The number of benzene rings is 2. The van der Waals surface area contributed by atoms with Gasteiger partial charge in [0.1, 0.15) is 0 Å². The largest absolute Gasteiger partial charge is 0.337 e. The molecule has 0 saturated carbocycles. The second kappa shape index (κ2) is 6.39. The van der Waals surface area contributed by atoms with Gasteiger partial charge >= 0.3 is 0 Å². The van der Waals surface area contributed by atoms with E-state index < -0.39 is 4.92 Å². The Morgan fingerprint density at radius 1 is 1.14 bits per heavy atom. The highest BCUT2D eigenvalue weighted by Gasteiger charge is 2.18. The third-order valence-electron chi connectivity index (χ3n) is 3.67. The number of nitro groups is 1. The molecule has 5 nitrogen and oxygen atoms in total. The summed E-state index contributed by atoms with van der Waals surface area (Å²) in [4.78, 5) is 24.5. The quantitative estimate of drug-likeness (QED) is 0.641. The van der Waals surface area contributed by atoms with Gasteiger partial charge in [0.15, 0.2) is 0 Å². The second-order valence-electron chi connectivity index (χ2n) is 5.35. The Morgan fingerprint density at radius 2 is 1.82 bits per heavy atom. The molecule has 0 spiro atoms. The number of amides is 1. The molecule has 0 heterocycles. The molecule has 0 radical (unpaired) electrons. The Morgan fingerprint density at radius 3 is 2.45 bits per heavy atom. The summed E-state index contributed by atoms with van der Waals surface area (Å²) in [5.74, 6) is -0.230. The van der Waals surface area contributed by atoms with Crippen LogP contribution < -0.4 is 0 Å². The molecule has 2 aromatic rings. The van der Waals surface area contributed by atoms with Crippen LogP contribution in [0.2, 0.25) is 0 Å². The molecule has 0 aliphatic carbocycles. The van der Waals surface area contributed by atoms with Gasteiger partial charge < -0.3 is 4.90 Å². The van der Waals surface area contributed by atoms with E-state index in [0.717, 1.165) is 11.1 Å². The summed E-state index contributed by atoms with van der Waals surface area (Å²) in [7, 11) is 1.69. The summed E-state index contributed by atoms with van der Waals surface area (Å²) in [6, 6.07) is 12.4. The fourth-order valence-corrected chi connectivity index (χ4v) is 2.27. The van der Waals surface area contributed by atoms with Crippen LogP contribution in [0.1, 0.15) is 27.0 Å². The zero-order valence-corrected chi connectivity index (χ0v) is 12.9. The van der Waals surface area contributed by atoms with Crippen LogP contribution in [0.25, 0.3) is 0 Å². The van der Waals surface area contributed by atoms with Crippen LogP contribution in [-0.2, 0) is 6.54 Å². The smallest absolute Gasteiger partial charge is 0.273 e. The van der Waals surface area contributed by atoms with E-state index in [0.29, 0.717) is 17.7 Å². The minimum atomic E-state index is -0.465. The number of rotatable bonds is 4. The molecule has 114 valence electrons. The van der Waals surface area contributed by atoms with Crippen LogP contribution in [0.3, 0.4) is 0 Å². The van der Waals surface area contributed by atoms with Crippen molar-refractivity contribution in [2.24, 2.45) is 0 Å². The highest BCUT2D eigenvalue weighted by Crippen LogP contribution is 2.20. The molecular weight excluding hydrogens is 280 g/mol. The van der Waals surface area contributed by atoms with Crippen LogP contribution in [0.5, 0.6) is 0 Å². The van der Waals surface area contributed by atoms with E-state index in [2.05, 4.69) is 0 Å². The molecule has 0 bridgehead atoms. The predicted octanol–water partition coefficient (Wildman–Crippen LogP) is 3.48. The highest BCUT2D eigenvalue weighted by molar-refractivity contribution is 5.94. The number of aryl methyl sites for hydroxylation is 2. The Kier molecular flexibility index (Phi) is 4.56. The molecule has 22 heavy (non-hydrogen) atoms. The van der Waals surface area contributed by atoms with E-state index in [-0.39, 0.29) is 11.6 Å². The van der Waals surface area contributed by atoms with Gasteiger partial charge in [0.2, 0.25) is 0 Å². The summed E-state index contributed by atoms with van der Waals surface area (Å²) < 4.78 is 0. The van der Waals surface area contributed by atoms with E-state index in [1.54, 1.807) is 31.0 Å². The Balaban J connectivity index is 2.23. The fourth-order valence-electron chi connectivity index (χ4n) is 2.27. The third kappa shape index (κ3) is 3.31. The molecule has 0 atom stereocenters. The Bertz CT molecular complexity index is 726. The molecule has 0 unspecified atom stereocenters. The van der Waals surface area contributed by atoms with Crippen molar-refractivity contribution in [1.82, 2.24) is 4.90 Å². The SMILES string of the molecule is Cc1ccccc1CN(C)C(=O)c1ccc(C)c([N+](=O)[O-])c1. The third-order valence-corrected chi connectivity index (χ3v) is 3.67. The second-order valence-corrected chi connectivity index (χ2v) is 5.35. The van der Waals surface area contributed by atoms with Gasteiger partial charge in [-0.1, -0.05) is 30.3 Å². The van der Waals surface area contributed by atoms with E-state index in [4.69, 9.17) is 0 Å². The van der Waals surface area contributed by atoms with Crippen LogP contribution in [-0.4, -0.2) is 22.8 Å². The average molecular weight is 298 g/mol. The van der Waals surface area contributed by atoms with Gasteiger partial charge in [-0.3, -0.25) is 14.9 Å². The lowest BCUT2D eigenvalue weighted by atomic mass is 10.1. The van der Waals surface area contributed by atoms with Crippen LogP contribution in [0.15, 0.2) is 42.5 Å². The van der Waals surface area contributed by atoms with Crippen molar-refractivity contribution in [3.63, 3.8) is 0 Å². The Labute approximate surface area is 129 Å². The zero-order chi connectivity index (χ0) is 16.3. The molecule has 0 aliphatic heterocycles. The molecule has 0 aromatic heterocycles. The highest BCUT2D eigenvalue weighted by atomic mass is 16.6. The maximum Gasteiger partial charge on any atom is 0.273 e. The first-order chi connectivity index (χ1) is 10.4. The maximum atomic E-state index is 12.4. The fraction of sp³-hybridized carbons (Fsp3) is 0.235. The van der Waals surface area contributed by atoms with Gasteiger partial charge in [0.25, 0.3) is 11.6 Å². The van der Waals surface area contributed by atoms with Crippen LogP contribution >= 0.6 is 0 Å². The molecule has 0 N–H and O–H groups in total. The number of nitro benzene ring substituents is 1. The van der Waals surface area contributed by atoms with Gasteiger partial charge in [0.05, 0.1) is 4.92 Å². The van der Waals surface area contributed by atoms with Crippen molar-refractivity contribution >= 4 is 11.6 Å². The van der Waals surface area contributed by atoms with Gasteiger partial charge in [-0.2, -0.15) is 0 Å². The van der Waals surface area contributed by atoms with Gasteiger partial charge in [0, 0.05) is 30.8 Å². The zero-order valence-electron chi connectivity index (χ0n) is 12.9. The summed E-state index contributed by atoms with van der Waals surface area (Å²) in [5.41, 5.74) is 3.00.